The van der Waals surface area contributed by atoms with Crippen LogP contribution in [-0.2, 0) is 9.59 Å². The molecule has 38 heavy (non-hydrogen) atoms. The number of aliphatic carboxylic acids is 2. The molecule has 3 heterocycles. The monoisotopic (exact) mass is 534 g/mol. The van der Waals surface area contributed by atoms with E-state index in [0.29, 0.717) is 24.3 Å². The van der Waals surface area contributed by atoms with Crippen molar-refractivity contribution in [1.29, 1.82) is 0 Å². The van der Waals surface area contributed by atoms with Crippen molar-refractivity contribution < 1.29 is 39.9 Å². The van der Waals surface area contributed by atoms with Crippen LogP contribution in [0.25, 0.3) is 10.9 Å². The Morgan fingerprint density at radius 1 is 1.03 bits per heavy atom. The highest BCUT2D eigenvalue weighted by Gasteiger charge is 2.42. The Balaban J connectivity index is 0.000000342. The summed E-state index contributed by atoms with van der Waals surface area (Å²) in [5.74, 6) is -3.61. The smallest absolute Gasteiger partial charge is 0.335 e. The number of aliphatic hydroxyl groups is 3. The van der Waals surface area contributed by atoms with E-state index < -0.39 is 29.7 Å². The molecule has 2 saturated heterocycles. The number of para-hydroxylation sites is 1. The molecule has 0 saturated carbocycles. The summed E-state index contributed by atoms with van der Waals surface area (Å²) in [4.78, 5) is 35.1. The maximum atomic E-state index is 13.1. The Kier molecular flexibility index (Phi) is 9.13. The second-order valence-electron chi connectivity index (χ2n) is 11.0. The van der Waals surface area contributed by atoms with Crippen molar-refractivity contribution in [1.82, 2.24) is 20.0 Å². The highest BCUT2D eigenvalue weighted by molar-refractivity contribution is 6.05. The van der Waals surface area contributed by atoms with Gasteiger partial charge in [0.05, 0.1) is 11.1 Å². The number of fused-ring (bicyclic) bond motifs is 3. The van der Waals surface area contributed by atoms with Gasteiger partial charge in [0.15, 0.2) is 17.9 Å². The fourth-order valence-corrected chi connectivity index (χ4v) is 5.27. The van der Waals surface area contributed by atoms with E-state index >= 15 is 0 Å². The summed E-state index contributed by atoms with van der Waals surface area (Å²) in [6.45, 7) is 8.60. The van der Waals surface area contributed by atoms with Gasteiger partial charge in [0.1, 0.15) is 0 Å². The standard InChI is InChI=1S/C22H32N4O2.C4H6O6/c1-14(2)26-19-8-6-5-7-18(19)20(24-26)21(27)23-15-11-16-9-10-17(12-15)25(16)13-22(3,4)28;5-1(3(7)8)2(6)4(9)10/h5-8,14-17,28H,9-13H2,1-4H3,(H,23,27);1-2,5-6H,(H,7,8)(H,9,10). The van der Waals surface area contributed by atoms with Gasteiger partial charge >= 0.3 is 11.9 Å². The second-order valence-corrected chi connectivity index (χ2v) is 11.0. The summed E-state index contributed by atoms with van der Waals surface area (Å²) in [5, 5.41) is 51.6. The van der Waals surface area contributed by atoms with Crippen LogP contribution < -0.4 is 5.32 Å². The zero-order chi connectivity index (χ0) is 28.4. The lowest BCUT2D eigenvalue weighted by Crippen LogP contribution is -2.53. The molecule has 0 aliphatic carbocycles. The van der Waals surface area contributed by atoms with Gasteiger partial charge in [-0.05, 0) is 59.4 Å². The molecule has 6 N–H and O–H groups in total. The number of carboxylic acids is 2. The predicted octanol–water partition coefficient (Wildman–Crippen LogP) is 0.991. The van der Waals surface area contributed by atoms with Crippen LogP contribution in [0.3, 0.4) is 0 Å². The minimum Gasteiger partial charge on any atom is -0.479 e. The molecule has 2 bridgehead atoms. The molecule has 4 rings (SSSR count). The van der Waals surface area contributed by atoms with Crippen LogP contribution in [0.2, 0.25) is 0 Å². The lowest BCUT2D eigenvalue weighted by atomic mass is 9.95. The van der Waals surface area contributed by atoms with Crippen molar-refractivity contribution in [3.8, 4) is 0 Å². The molecule has 2 aliphatic heterocycles. The third kappa shape index (κ3) is 6.87. The van der Waals surface area contributed by atoms with Gasteiger partial charge in [0, 0.05) is 36.1 Å². The van der Waals surface area contributed by atoms with Crippen molar-refractivity contribution in [2.24, 2.45) is 0 Å². The number of hydrogen-bond acceptors (Lipinski definition) is 8. The SMILES string of the molecule is CC(C)n1nc(C(=O)NC2CC3CCC(C2)N3CC(C)(C)O)c2ccccc21.O=C(O)C(O)C(O)C(=O)O. The average molecular weight is 535 g/mol. The number of aliphatic hydroxyl groups excluding tert-OH is 2. The van der Waals surface area contributed by atoms with Gasteiger partial charge in [0.2, 0.25) is 0 Å². The summed E-state index contributed by atoms with van der Waals surface area (Å²) >= 11 is 0. The number of rotatable bonds is 8. The molecule has 0 radical (unpaired) electrons. The van der Waals surface area contributed by atoms with Gasteiger partial charge in [-0.3, -0.25) is 14.4 Å². The van der Waals surface area contributed by atoms with E-state index in [4.69, 9.17) is 20.4 Å². The molecule has 4 unspecified atom stereocenters. The van der Waals surface area contributed by atoms with Crippen molar-refractivity contribution >= 4 is 28.7 Å². The lowest BCUT2D eigenvalue weighted by molar-refractivity contribution is -0.165. The van der Waals surface area contributed by atoms with Crippen molar-refractivity contribution in [3.05, 3.63) is 30.0 Å². The Morgan fingerprint density at radius 2 is 1.55 bits per heavy atom. The quantitative estimate of drug-likeness (QED) is 0.285. The van der Waals surface area contributed by atoms with Crippen molar-refractivity contribution in [2.75, 3.05) is 6.54 Å². The van der Waals surface area contributed by atoms with E-state index in [1.165, 1.54) is 0 Å². The molecule has 2 aromatic rings. The lowest BCUT2D eigenvalue weighted by Gasteiger charge is -2.41. The molecular formula is C26H38N4O8. The fraction of sp³-hybridized carbons (Fsp3) is 0.615. The molecule has 4 atom stereocenters. The molecule has 12 heteroatoms. The average Bonchev–Trinajstić information content (AvgIpc) is 3.31. The zero-order valence-electron chi connectivity index (χ0n) is 22.1. The van der Waals surface area contributed by atoms with E-state index in [1.54, 1.807) is 0 Å². The molecule has 12 nitrogen and oxygen atoms in total. The van der Waals surface area contributed by atoms with Gasteiger partial charge < -0.3 is 30.8 Å². The molecular weight excluding hydrogens is 496 g/mol. The fourth-order valence-electron chi connectivity index (χ4n) is 5.27. The van der Waals surface area contributed by atoms with E-state index in [0.717, 1.165) is 36.6 Å². The molecule has 0 spiro atoms. The number of carboxylic acid groups (broad SMARTS) is 2. The summed E-state index contributed by atoms with van der Waals surface area (Å²) in [7, 11) is 0. The van der Waals surface area contributed by atoms with Crippen molar-refractivity contribution in [2.45, 2.75) is 95.4 Å². The molecule has 1 aromatic carbocycles. The molecule has 2 fully saturated rings. The molecule has 2 aliphatic rings. The molecule has 210 valence electrons. The van der Waals surface area contributed by atoms with Gasteiger partial charge in [-0.1, -0.05) is 18.2 Å². The van der Waals surface area contributed by atoms with E-state index in [1.807, 2.05) is 42.8 Å². The van der Waals surface area contributed by atoms with Crippen LogP contribution in [0.5, 0.6) is 0 Å². The van der Waals surface area contributed by atoms with Crippen molar-refractivity contribution in [3.63, 3.8) is 0 Å². The van der Waals surface area contributed by atoms with Crippen LogP contribution in [-0.4, -0.2) is 101 Å². The number of benzene rings is 1. The Bertz CT molecular complexity index is 1130. The Hall–Kier alpha value is -3.06. The molecule has 1 aromatic heterocycles. The minimum absolute atomic E-state index is 0.0732. The van der Waals surface area contributed by atoms with E-state index in [2.05, 4.69) is 29.2 Å². The normalized spacial score (nSPS) is 23.0. The Morgan fingerprint density at radius 3 is 2.03 bits per heavy atom. The van der Waals surface area contributed by atoms with Crippen LogP contribution in [0.4, 0.5) is 0 Å². The topological polar surface area (TPSA) is 185 Å². The highest BCUT2D eigenvalue weighted by atomic mass is 16.4. The number of piperidine rings is 1. The number of hydrogen-bond donors (Lipinski definition) is 6. The first kappa shape index (κ1) is 29.5. The van der Waals surface area contributed by atoms with Gasteiger partial charge in [-0.15, -0.1) is 0 Å². The minimum atomic E-state index is -2.27. The van der Waals surface area contributed by atoms with E-state index in [-0.39, 0.29) is 18.0 Å². The van der Waals surface area contributed by atoms with Crippen LogP contribution >= 0.6 is 0 Å². The zero-order valence-corrected chi connectivity index (χ0v) is 22.1. The number of nitrogens with one attached hydrogen (secondary N) is 1. The van der Waals surface area contributed by atoms with Gasteiger partial charge in [-0.2, -0.15) is 5.10 Å². The first-order chi connectivity index (χ1) is 17.7. The Labute approximate surface area is 220 Å². The summed E-state index contributed by atoms with van der Waals surface area (Å²) in [5.41, 5.74) is 0.845. The third-order valence-corrected chi connectivity index (χ3v) is 6.91. The number of carbonyl (C=O) groups excluding carboxylic acids is 1. The first-order valence-corrected chi connectivity index (χ1v) is 12.8. The van der Waals surface area contributed by atoms with Gasteiger partial charge in [0.25, 0.3) is 5.91 Å². The summed E-state index contributed by atoms with van der Waals surface area (Å²) in [6.07, 6.45) is -0.340. The number of carbonyl (C=O) groups is 3. The maximum absolute atomic E-state index is 13.1. The first-order valence-electron chi connectivity index (χ1n) is 12.8. The largest absolute Gasteiger partial charge is 0.479 e. The van der Waals surface area contributed by atoms with Gasteiger partial charge in [-0.25, -0.2) is 9.59 Å². The number of nitrogens with zero attached hydrogens (tertiary/aromatic N) is 3. The van der Waals surface area contributed by atoms with Crippen LogP contribution in [0.15, 0.2) is 24.3 Å². The van der Waals surface area contributed by atoms with Crippen LogP contribution in [0.1, 0.15) is 69.9 Å². The molecule has 1 amide bonds. The summed E-state index contributed by atoms with van der Waals surface area (Å²) < 4.78 is 1.93. The number of aromatic nitrogens is 2. The number of amides is 1. The third-order valence-electron chi connectivity index (χ3n) is 6.91. The highest BCUT2D eigenvalue weighted by Crippen LogP contribution is 2.36. The van der Waals surface area contributed by atoms with E-state index in [9.17, 15) is 19.5 Å². The maximum Gasteiger partial charge on any atom is 0.335 e. The second kappa shape index (κ2) is 11.8. The van der Waals surface area contributed by atoms with Crippen LogP contribution in [0, 0.1) is 0 Å². The summed E-state index contributed by atoms with van der Waals surface area (Å²) in [6, 6.07) is 9.21. The predicted molar refractivity (Wildman–Crippen MR) is 138 cm³/mol.